The van der Waals surface area contributed by atoms with Crippen LogP contribution in [0.1, 0.15) is 15.4 Å². The van der Waals surface area contributed by atoms with Gasteiger partial charge in [-0.15, -0.1) is 0 Å². The summed E-state index contributed by atoms with van der Waals surface area (Å²) in [6, 6.07) is 10.2. The molecule has 128 valence electrons. The second-order valence-electron chi connectivity index (χ2n) is 5.12. The highest BCUT2D eigenvalue weighted by Crippen LogP contribution is 2.28. The van der Waals surface area contributed by atoms with E-state index in [1.54, 1.807) is 19.1 Å². The molecule has 0 atom stereocenters. The van der Waals surface area contributed by atoms with Gasteiger partial charge in [0, 0.05) is 5.69 Å². The predicted octanol–water partition coefficient (Wildman–Crippen LogP) is 5.38. The van der Waals surface area contributed by atoms with Gasteiger partial charge in [-0.1, -0.05) is 35.1 Å². The van der Waals surface area contributed by atoms with Gasteiger partial charge in [0.2, 0.25) is 0 Å². The molecule has 0 saturated heterocycles. The van der Waals surface area contributed by atoms with Crippen molar-refractivity contribution in [2.45, 2.75) is 6.92 Å². The molecule has 3 aromatic rings. The zero-order valence-corrected chi connectivity index (χ0v) is 14.5. The molecule has 0 saturated carbocycles. The molecule has 0 bridgehead atoms. The highest BCUT2D eigenvalue weighted by molar-refractivity contribution is 7.17. The molecule has 3 rings (SSSR count). The fourth-order valence-electron chi connectivity index (χ4n) is 2.13. The number of nitrogens with zero attached hydrogens (tertiary/aromatic N) is 1. The maximum Gasteiger partial charge on any atom is 0.267 e. The van der Waals surface area contributed by atoms with Gasteiger partial charge in [-0.25, -0.2) is 13.8 Å². The third kappa shape index (κ3) is 3.94. The van der Waals surface area contributed by atoms with Crippen LogP contribution in [0, 0.1) is 18.6 Å². The molecule has 0 radical (unpaired) electrons. The number of nitrogens with one attached hydrogen (secondary N) is 2. The van der Waals surface area contributed by atoms with Crippen molar-refractivity contribution in [3.05, 3.63) is 69.7 Å². The molecular formula is C17H12ClF2N3OS. The van der Waals surface area contributed by atoms with Gasteiger partial charge in [0.1, 0.15) is 10.7 Å². The topological polar surface area (TPSA) is 54.0 Å². The van der Waals surface area contributed by atoms with Crippen molar-refractivity contribution in [1.29, 1.82) is 0 Å². The second-order valence-corrected chi connectivity index (χ2v) is 6.53. The quantitative estimate of drug-likeness (QED) is 0.640. The molecule has 2 N–H and O–H groups in total. The normalized spacial score (nSPS) is 10.6. The summed E-state index contributed by atoms with van der Waals surface area (Å²) in [7, 11) is 0. The monoisotopic (exact) mass is 379 g/mol. The average molecular weight is 380 g/mol. The summed E-state index contributed by atoms with van der Waals surface area (Å²) in [4.78, 5) is 16.9. The fourth-order valence-corrected chi connectivity index (χ4v) is 3.19. The van der Waals surface area contributed by atoms with E-state index in [0.29, 0.717) is 21.4 Å². The third-order valence-electron chi connectivity index (χ3n) is 3.28. The first-order valence-corrected chi connectivity index (χ1v) is 8.39. The van der Waals surface area contributed by atoms with Crippen molar-refractivity contribution in [2.24, 2.45) is 0 Å². The lowest BCUT2D eigenvalue weighted by molar-refractivity contribution is 0.102. The summed E-state index contributed by atoms with van der Waals surface area (Å²) < 4.78 is 27.1. The number of carbonyl (C=O) groups is 1. The zero-order chi connectivity index (χ0) is 18.0. The molecule has 0 aliphatic heterocycles. The second kappa shape index (κ2) is 7.16. The summed E-state index contributed by atoms with van der Waals surface area (Å²) in [6.07, 6.45) is 0. The maximum atomic E-state index is 13.9. The minimum Gasteiger partial charge on any atom is -0.331 e. The Hall–Kier alpha value is -2.51. The van der Waals surface area contributed by atoms with Crippen LogP contribution in [0.5, 0.6) is 0 Å². The number of hydrogen-bond acceptors (Lipinski definition) is 4. The van der Waals surface area contributed by atoms with Crippen molar-refractivity contribution in [3.63, 3.8) is 0 Å². The first-order valence-electron chi connectivity index (χ1n) is 7.19. The first-order chi connectivity index (χ1) is 11.9. The highest BCUT2D eigenvalue weighted by Gasteiger charge is 2.17. The number of thiazole rings is 1. The van der Waals surface area contributed by atoms with Gasteiger partial charge in [-0.05, 0) is 37.3 Å². The molecule has 0 fully saturated rings. The number of carbonyl (C=O) groups excluding carboxylic acids is 1. The summed E-state index contributed by atoms with van der Waals surface area (Å²) >= 11 is 6.79. The SMILES string of the molecule is Cc1nc(Nc2cccc(F)c2)sc1C(=O)Nc1cccc(Cl)c1F. The van der Waals surface area contributed by atoms with Crippen molar-refractivity contribution < 1.29 is 13.6 Å². The number of rotatable bonds is 4. The standard InChI is InChI=1S/C17H12ClF2N3OS/c1-9-15(16(24)23-13-7-3-6-12(18)14(13)20)25-17(21-9)22-11-5-2-4-10(19)8-11/h2-8H,1H3,(H,21,22)(H,23,24). The predicted molar refractivity (Wildman–Crippen MR) is 95.9 cm³/mol. The molecule has 1 aromatic heterocycles. The van der Waals surface area contributed by atoms with Gasteiger partial charge in [-0.2, -0.15) is 0 Å². The van der Waals surface area contributed by atoms with E-state index in [-0.39, 0.29) is 16.5 Å². The third-order valence-corrected chi connectivity index (χ3v) is 4.64. The van der Waals surface area contributed by atoms with E-state index in [0.717, 1.165) is 11.3 Å². The Kier molecular flexibility index (Phi) is 4.96. The minimum atomic E-state index is -0.696. The Balaban J connectivity index is 1.80. The molecule has 4 nitrogen and oxygen atoms in total. The number of halogens is 3. The van der Waals surface area contributed by atoms with Crippen LogP contribution >= 0.6 is 22.9 Å². The van der Waals surface area contributed by atoms with E-state index in [9.17, 15) is 13.6 Å². The van der Waals surface area contributed by atoms with Gasteiger partial charge in [0.05, 0.1) is 16.4 Å². The lowest BCUT2D eigenvalue weighted by atomic mass is 10.3. The largest absolute Gasteiger partial charge is 0.331 e. The maximum absolute atomic E-state index is 13.9. The van der Waals surface area contributed by atoms with Crippen LogP contribution < -0.4 is 10.6 Å². The van der Waals surface area contributed by atoms with Gasteiger partial charge in [-0.3, -0.25) is 4.79 Å². The molecule has 8 heteroatoms. The zero-order valence-electron chi connectivity index (χ0n) is 12.9. The van der Waals surface area contributed by atoms with E-state index >= 15 is 0 Å². The summed E-state index contributed by atoms with van der Waals surface area (Å²) in [6.45, 7) is 1.66. The van der Waals surface area contributed by atoms with E-state index in [1.165, 1.54) is 30.3 Å². The van der Waals surface area contributed by atoms with E-state index in [1.807, 2.05) is 0 Å². The van der Waals surface area contributed by atoms with Crippen LogP contribution in [0.3, 0.4) is 0 Å². The Bertz CT molecular complexity index is 945. The average Bonchev–Trinajstić information content (AvgIpc) is 2.92. The molecule has 0 spiro atoms. The summed E-state index contributed by atoms with van der Waals surface area (Å²) in [5, 5.41) is 5.77. The van der Waals surface area contributed by atoms with Gasteiger partial charge in [0.25, 0.3) is 5.91 Å². The summed E-state index contributed by atoms with van der Waals surface area (Å²) in [5.41, 5.74) is 0.982. The van der Waals surface area contributed by atoms with E-state index in [4.69, 9.17) is 11.6 Å². The van der Waals surface area contributed by atoms with Crippen molar-refractivity contribution in [3.8, 4) is 0 Å². The van der Waals surface area contributed by atoms with Crippen molar-refractivity contribution in [2.75, 3.05) is 10.6 Å². The molecule has 1 amide bonds. The van der Waals surface area contributed by atoms with Crippen LogP contribution in [0.15, 0.2) is 42.5 Å². The Morgan fingerprint density at radius 3 is 2.72 bits per heavy atom. The van der Waals surface area contributed by atoms with Crippen LogP contribution in [0.4, 0.5) is 25.3 Å². The van der Waals surface area contributed by atoms with Crippen LogP contribution in [0.2, 0.25) is 5.02 Å². The minimum absolute atomic E-state index is 0.00932. The number of hydrogen-bond donors (Lipinski definition) is 2. The molecule has 2 aromatic carbocycles. The molecule has 1 heterocycles. The van der Waals surface area contributed by atoms with Crippen molar-refractivity contribution in [1.82, 2.24) is 4.98 Å². The molecular weight excluding hydrogens is 368 g/mol. The molecule has 25 heavy (non-hydrogen) atoms. The highest BCUT2D eigenvalue weighted by atomic mass is 35.5. The van der Waals surface area contributed by atoms with Crippen LogP contribution in [0.25, 0.3) is 0 Å². The smallest absolute Gasteiger partial charge is 0.267 e. The van der Waals surface area contributed by atoms with Crippen LogP contribution in [-0.4, -0.2) is 10.9 Å². The Morgan fingerprint density at radius 1 is 1.20 bits per heavy atom. The number of anilines is 3. The van der Waals surface area contributed by atoms with Crippen LogP contribution in [-0.2, 0) is 0 Å². The number of amides is 1. The molecule has 0 aliphatic carbocycles. The molecule has 0 aliphatic rings. The van der Waals surface area contributed by atoms with Gasteiger partial charge in [0.15, 0.2) is 10.9 Å². The number of benzene rings is 2. The first kappa shape index (κ1) is 17.3. The number of aryl methyl sites for hydroxylation is 1. The Morgan fingerprint density at radius 2 is 1.96 bits per heavy atom. The van der Waals surface area contributed by atoms with Crippen molar-refractivity contribution >= 4 is 45.4 Å². The van der Waals surface area contributed by atoms with Gasteiger partial charge < -0.3 is 10.6 Å². The fraction of sp³-hybridized carbons (Fsp3) is 0.0588. The van der Waals surface area contributed by atoms with E-state index < -0.39 is 11.7 Å². The molecule has 0 unspecified atom stereocenters. The van der Waals surface area contributed by atoms with E-state index in [2.05, 4.69) is 15.6 Å². The van der Waals surface area contributed by atoms with Gasteiger partial charge >= 0.3 is 0 Å². The lowest BCUT2D eigenvalue weighted by Gasteiger charge is -2.06. The lowest BCUT2D eigenvalue weighted by Crippen LogP contribution is -2.12. The summed E-state index contributed by atoms with van der Waals surface area (Å²) in [5.74, 6) is -1.58. The number of aromatic nitrogens is 1. The Labute approximate surface area is 151 Å².